The fraction of sp³-hybridized carbons (Fsp3) is 0.320. The quantitative estimate of drug-likeness (QED) is 0.376. The number of carbonyl (C=O) groups is 1. The molecule has 0 aliphatic rings. The molecule has 166 valence electrons. The number of aromatic nitrogens is 3. The van der Waals surface area contributed by atoms with E-state index in [9.17, 15) is 4.79 Å². The predicted molar refractivity (Wildman–Crippen MR) is 131 cm³/mol. The Morgan fingerprint density at radius 1 is 1.06 bits per heavy atom. The van der Waals surface area contributed by atoms with E-state index in [0.717, 1.165) is 30.5 Å². The molecular weight excluding hydrogens is 422 g/mol. The number of nitrogens with zero attached hydrogens (tertiary/aromatic N) is 3. The number of rotatable bonds is 7. The lowest BCUT2D eigenvalue weighted by Gasteiger charge is -2.14. The van der Waals surface area contributed by atoms with Crippen molar-refractivity contribution in [3.8, 4) is 5.69 Å². The van der Waals surface area contributed by atoms with Gasteiger partial charge in [0.25, 0.3) is 5.91 Å². The SMILES string of the molecule is CC(C)CCC[C@H](C)NC(=O)c1c(N)n(-c2cccc(Cl)c2)c2nc3ccccc3nc12. The van der Waals surface area contributed by atoms with Gasteiger partial charge in [-0.3, -0.25) is 9.36 Å². The van der Waals surface area contributed by atoms with Crippen LogP contribution < -0.4 is 11.1 Å². The lowest BCUT2D eigenvalue weighted by Crippen LogP contribution is -2.33. The van der Waals surface area contributed by atoms with Gasteiger partial charge in [-0.05, 0) is 49.6 Å². The number of halogens is 1. The van der Waals surface area contributed by atoms with E-state index in [1.807, 2.05) is 43.3 Å². The Morgan fingerprint density at radius 2 is 1.78 bits per heavy atom. The highest BCUT2D eigenvalue weighted by Gasteiger charge is 2.25. The Kier molecular flexibility index (Phi) is 6.33. The third kappa shape index (κ3) is 4.41. The molecule has 0 radical (unpaired) electrons. The Morgan fingerprint density at radius 3 is 2.47 bits per heavy atom. The van der Waals surface area contributed by atoms with Crippen LogP contribution in [0.3, 0.4) is 0 Å². The smallest absolute Gasteiger partial charge is 0.257 e. The van der Waals surface area contributed by atoms with Gasteiger partial charge in [-0.1, -0.05) is 56.5 Å². The molecular formula is C25H28ClN5O. The van der Waals surface area contributed by atoms with Gasteiger partial charge >= 0.3 is 0 Å². The lowest BCUT2D eigenvalue weighted by atomic mass is 10.0. The van der Waals surface area contributed by atoms with Crippen molar-refractivity contribution >= 4 is 45.5 Å². The number of nitrogen functional groups attached to an aromatic ring is 1. The molecule has 0 spiro atoms. The molecule has 4 aromatic rings. The maximum atomic E-state index is 13.3. The molecule has 2 heterocycles. The van der Waals surface area contributed by atoms with Crippen molar-refractivity contribution in [1.29, 1.82) is 0 Å². The van der Waals surface area contributed by atoms with Crippen LogP contribution in [-0.2, 0) is 0 Å². The van der Waals surface area contributed by atoms with Gasteiger partial charge in [0.05, 0.1) is 16.7 Å². The number of benzene rings is 2. The number of fused-ring (bicyclic) bond motifs is 2. The summed E-state index contributed by atoms with van der Waals surface area (Å²) in [6, 6.07) is 14.9. The molecule has 0 aliphatic heterocycles. The number of para-hydroxylation sites is 2. The summed E-state index contributed by atoms with van der Waals surface area (Å²) in [5, 5.41) is 3.67. The number of carbonyl (C=O) groups excluding carboxylic acids is 1. The first-order chi connectivity index (χ1) is 15.3. The molecule has 0 bridgehead atoms. The summed E-state index contributed by atoms with van der Waals surface area (Å²) in [4.78, 5) is 22.9. The molecule has 0 fully saturated rings. The number of nitrogens with two attached hydrogens (primary N) is 1. The first-order valence-electron chi connectivity index (χ1n) is 11.0. The van der Waals surface area contributed by atoms with Crippen LogP contribution in [0.25, 0.3) is 27.9 Å². The van der Waals surface area contributed by atoms with Crippen molar-refractivity contribution in [1.82, 2.24) is 19.9 Å². The molecule has 7 heteroatoms. The zero-order valence-electron chi connectivity index (χ0n) is 18.6. The molecule has 0 unspecified atom stereocenters. The summed E-state index contributed by atoms with van der Waals surface area (Å²) in [5.41, 5.74) is 10.1. The van der Waals surface area contributed by atoms with Crippen LogP contribution in [0, 0.1) is 5.92 Å². The molecule has 0 aliphatic carbocycles. The molecule has 2 aromatic heterocycles. The molecule has 1 atom stereocenters. The summed E-state index contributed by atoms with van der Waals surface area (Å²) in [6.45, 7) is 6.43. The lowest BCUT2D eigenvalue weighted by molar-refractivity contribution is 0.0940. The minimum absolute atomic E-state index is 0.0265. The van der Waals surface area contributed by atoms with E-state index in [1.165, 1.54) is 0 Å². The zero-order chi connectivity index (χ0) is 22.8. The number of hydrogen-bond donors (Lipinski definition) is 2. The fourth-order valence-electron chi connectivity index (χ4n) is 3.96. The molecule has 4 rings (SSSR count). The highest BCUT2D eigenvalue weighted by atomic mass is 35.5. The van der Waals surface area contributed by atoms with Crippen molar-refractivity contribution in [3.63, 3.8) is 0 Å². The average molecular weight is 450 g/mol. The van der Waals surface area contributed by atoms with Gasteiger partial charge in [-0.15, -0.1) is 0 Å². The van der Waals surface area contributed by atoms with Gasteiger partial charge in [0, 0.05) is 11.1 Å². The van der Waals surface area contributed by atoms with Crippen molar-refractivity contribution in [2.75, 3.05) is 5.73 Å². The molecule has 0 saturated carbocycles. The van der Waals surface area contributed by atoms with Crippen LogP contribution in [-0.4, -0.2) is 26.5 Å². The summed E-state index contributed by atoms with van der Waals surface area (Å²) < 4.78 is 1.75. The van der Waals surface area contributed by atoms with Crippen molar-refractivity contribution < 1.29 is 4.79 Å². The highest BCUT2D eigenvalue weighted by Crippen LogP contribution is 2.31. The monoisotopic (exact) mass is 449 g/mol. The molecule has 2 aromatic carbocycles. The third-order valence-electron chi connectivity index (χ3n) is 5.59. The second kappa shape index (κ2) is 9.17. The summed E-state index contributed by atoms with van der Waals surface area (Å²) in [7, 11) is 0. The number of amides is 1. The number of anilines is 1. The van der Waals surface area contributed by atoms with Gasteiger partial charge in [-0.25, -0.2) is 9.97 Å². The van der Waals surface area contributed by atoms with Crippen LogP contribution in [0.1, 0.15) is 50.4 Å². The Bertz CT molecular complexity index is 1280. The number of hydrogen-bond acceptors (Lipinski definition) is 4. The Labute approximate surface area is 192 Å². The van der Waals surface area contributed by atoms with Crippen molar-refractivity contribution in [3.05, 3.63) is 59.1 Å². The topological polar surface area (TPSA) is 85.8 Å². The van der Waals surface area contributed by atoms with Crippen molar-refractivity contribution in [2.45, 2.75) is 46.1 Å². The second-order valence-electron chi connectivity index (χ2n) is 8.66. The molecule has 3 N–H and O–H groups in total. The van der Waals surface area contributed by atoms with Gasteiger partial charge in [-0.2, -0.15) is 0 Å². The standard InChI is InChI=1S/C25H28ClN5O/c1-15(2)8-6-9-16(3)28-25(32)21-22-24(30-20-13-5-4-12-19(20)29-22)31(23(21)27)18-11-7-10-17(26)14-18/h4-5,7,10-16H,6,8-9,27H2,1-3H3,(H,28,32)/t16-/m0/s1. The molecule has 0 saturated heterocycles. The average Bonchev–Trinajstić information content (AvgIpc) is 3.02. The molecule has 1 amide bonds. The van der Waals surface area contributed by atoms with E-state index in [4.69, 9.17) is 27.3 Å². The fourth-order valence-corrected chi connectivity index (χ4v) is 4.15. The first kappa shape index (κ1) is 22.1. The van der Waals surface area contributed by atoms with Crippen LogP contribution in [0.4, 0.5) is 5.82 Å². The minimum atomic E-state index is -0.241. The van der Waals surface area contributed by atoms with Crippen LogP contribution >= 0.6 is 11.6 Å². The minimum Gasteiger partial charge on any atom is -0.384 e. The first-order valence-corrected chi connectivity index (χ1v) is 11.4. The van der Waals surface area contributed by atoms with E-state index in [-0.39, 0.29) is 11.9 Å². The molecule has 32 heavy (non-hydrogen) atoms. The van der Waals surface area contributed by atoms with Crippen LogP contribution in [0.5, 0.6) is 0 Å². The largest absolute Gasteiger partial charge is 0.384 e. The number of nitrogens with one attached hydrogen (secondary N) is 1. The van der Waals surface area contributed by atoms with Crippen LogP contribution in [0.15, 0.2) is 48.5 Å². The van der Waals surface area contributed by atoms with Gasteiger partial charge in [0.2, 0.25) is 0 Å². The van der Waals surface area contributed by atoms with E-state index in [0.29, 0.717) is 39.0 Å². The van der Waals surface area contributed by atoms with Crippen molar-refractivity contribution in [2.24, 2.45) is 5.92 Å². The van der Waals surface area contributed by atoms with E-state index in [1.54, 1.807) is 16.7 Å². The van der Waals surface area contributed by atoms with E-state index >= 15 is 0 Å². The molecule has 6 nitrogen and oxygen atoms in total. The van der Waals surface area contributed by atoms with E-state index < -0.39 is 0 Å². The second-order valence-corrected chi connectivity index (χ2v) is 9.10. The van der Waals surface area contributed by atoms with Gasteiger partial charge < -0.3 is 11.1 Å². The zero-order valence-corrected chi connectivity index (χ0v) is 19.4. The summed E-state index contributed by atoms with van der Waals surface area (Å²) >= 11 is 6.23. The maximum absolute atomic E-state index is 13.3. The highest BCUT2D eigenvalue weighted by molar-refractivity contribution is 6.30. The Hall–Kier alpha value is -3.12. The Balaban J connectivity index is 1.80. The summed E-state index contributed by atoms with van der Waals surface area (Å²) in [6.07, 6.45) is 3.10. The normalized spacial score (nSPS) is 12.5. The van der Waals surface area contributed by atoms with Gasteiger partial charge in [0.15, 0.2) is 5.65 Å². The summed E-state index contributed by atoms with van der Waals surface area (Å²) in [5.74, 6) is 0.701. The third-order valence-corrected chi connectivity index (χ3v) is 5.82. The van der Waals surface area contributed by atoms with Gasteiger partial charge in [0.1, 0.15) is 16.9 Å². The van der Waals surface area contributed by atoms with Crippen LogP contribution in [0.2, 0.25) is 5.02 Å². The predicted octanol–water partition coefficient (Wildman–Crippen LogP) is 5.75. The van der Waals surface area contributed by atoms with E-state index in [2.05, 4.69) is 19.2 Å². The maximum Gasteiger partial charge on any atom is 0.257 e.